The third kappa shape index (κ3) is 1.89. The van der Waals surface area contributed by atoms with Gasteiger partial charge in [-0.1, -0.05) is 5.16 Å². The van der Waals surface area contributed by atoms with Crippen LogP contribution in [0.15, 0.2) is 10.7 Å². The lowest BCUT2D eigenvalue weighted by Gasteiger charge is -2.05. The largest absolute Gasteiger partial charge is 0.360 e. The summed E-state index contributed by atoms with van der Waals surface area (Å²) in [6, 6.07) is 0. The topological polar surface area (TPSA) is 52.0 Å². The Morgan fingerprint density at radius 3 is 3.31 bits per heavy atom. The summed E-state index contributed by atoms with van der Waals surface area (Å²) in [5.41, 5.74) is 6.71. The van der Waals surface area contributed by atoms with Gasteiger partial charge < -0.3 is 10.3 Å². The highest BCUT2D eigenvalue weighted by atomic mass is 32.2. The molecule has 0 saturated carbocycles. The number of nitrogens with zero attached hydrogens (tertiary/aromatic N) is 1. The molecule has 72 valence electrons. The number of nitrogens with two attached hydrogens (primary N) is 1. The van der Waals surface area contributed by atoms with E-state index in [1.54, 1.807) is 6.20 Å². The molecule has 0 radical (unpaired) electrons. The predicted octanol–water partition coefficient (Wildman–Crippen LogP) is 1.74. The van der Waals surface area contributed by atoms with E-state index in [2.05, 4.69) is 5.16 Å². The third-order valence-corrected chi connectivity index (χ3v) is 3.69. The lowest BCUT2D eigenvalue weighted by Crippen LogP contribution is -2.04. The molecule has 0 aliphatic carbocycles. The van der Waals surface area contributed by atoms with Gasteiger partial charge >= 0.3 is 0 Å². The number of thioether (sulfide) groups is 1. The Bertz CT molecular complexity index is 268. The highest BCUT2D eigenvalue weighted by molar-refractivity contribution is 7.99. The summed E-state index contributed by atoms with van der Waals surface area (Å²) in [4.78, 5) is 0. The molecule has 1 aromatic heterocycles. The van der Waals surface area contributed by atoms with Crippen molar-refractivity contribution in [3.05, 3.63) is 17.5 Å². The first-order chi connectivity index (χ1) is 6.42. The fourth-order valence-electron chi connectivity index (χ4n) is 1.66. The Morgan fingerprint density at radius 2 is 2.62 bits per heavy atom. The molecule has 4 heteroatoms. The average Bonchev–Trinajstić information content (AvgIpc) is 2.71. The summed E-state index contributed by atoms with van der Waals surface area (Å²) in [7, 11) is 0. The Labute approximate surface area is 82.0 Å². The van der Waals surface area contributed by atoms with Crippen LogP contribution in [0.5, 0.6) is 0 Å². The van der Waals surface area contributed by atoms with E-state index in [1.807, 2.05) is 11.8 Å². The summed E-state index contributed by atoms with van der Waals surface area (Å²) < 4.78 is 5.27. The van der Waals surface area contributed by atoms with Crippen LogP contribution in [0.3, 0.4) is 0 Å². The number of hydrogen-bond donors (Lipinski definition) is 1. The number of rotatable bonds is 3. The minimum absolute atomic E-state index is 0.532. The second kappa shape index (κ2) is 4.15. The molecule has 2 heterocycles. The van der Waals surface area contributed by atoms with E-state index in [0.717, 1.165) is 12.2 Å². The van der Waals surface area contributed by atoms with Gasteiger partial charge in [0, 0.05) is 5.56 Å². The second-order valence-electron chi connectivity index (χ2n) is 3.26. The van der Waals surface area contributed by atoms with E-state index < -0.39 is 0 Å². The van der Waals surface area contributed by atoms with E-state index in [9.17, 15) is 0 Å². The molecule has 1 aliphatic rings. The van der Waals surface area contributed by atoms with E-state index in [4.69, 9.17) is 10.3 Å². The Hall–Kier alpha value is -0.480. The first-order valence-electron chi connectivity index (χ1n) is 4.67. The molecule has 2 rings (SSSR count). The Kier molecular flexibility index (Phi) is 2.90. The minimum atomic E-state index is 0.532. The first-order valence-corrected chi connectivity index (χ1v) is 5.72. The van der Waals surface area contributed by atoms with E-state index >= 15 is 0 Å². The second-order valence-corrected chi connectivity index (χ2v) is 4.57. The quantitative estimate of drug-likeness (QED) is 0.803. The van der Waals surface area contributed by atoms with Crippen molar-refractivity contribution in [3.63, 3.8) is 0 Å². The molecular weight excluding hydrogens is 184 g/mol. The predicted molar refractivity (Wildman–Crippen MR) is 53.7 cm³/mol. The van der Waals surface area contributed by atoms with E-state index in [-0.39, 0.29) is 0 Å². The number of aromatic nitrogens is 1. The summed E-state index contributed by atoms with van der Waals surface area (Å²) in [6.45, 7) is 0.672. The zero-order chi connectivity index (χ0) is 9.10. The molecule has 1 saturated heterocycles. The van der Waals surface area contributed by atoms with Gasteiger partial charge in [0.15, 0.2) is 5.76 Å². The lowest BCUT2D eigenvalue weighted by atomic mass is 10.1. The fraction of sp³-hybridized carbons (Fsp3) is 0.667. The molecule has 0 spiro atoms. The maximum atomic E-state index is 5.51. The van der Waals surface area contributed by atoms with Crippen molar-refractivity contribution in [1.82, 2.24) is 5.16 Å². The monoisotopic (exact) mass is 198 g/mol. The van der Waals surface area contributed by atoms with Gasteiger partial charge in [-0.15, -0.1) is 0 Å². The summed E-state index contributed by atoms with van der Waals surface area (Å²) in [5.74, 6) is 2.31. The van der Waals surface area contributed by atoms with Crippen LogP contribution in [0.1, 0.15) is 29.4 Å². The third-order valence-electron chi connectivity index (χ3n) is 2.31. The first kappa shape index (κ1) is 9.09. The molecular formula is C9H14N2OS. The van der Waals surface area contributed by atoms with Gasteiger partial charge in [-0.2, -0.15) is 11.8 Å². The molecule has 2 N–H and O–H groups in total. The van der Waals surface area contributed by atoms with Gasteiger partial charge in [-0.05, 0) is 31.6 Å². The summed E-state index contributed by atoms with van der Waals surface area (Å²) in [6.07, 6.45) is 5.20. The van der Waals surface area contributed by atoms with Crippen LogP contribution in [0, 0.1) is 0 Å². The van der Waals surface area contributed by atoms with Gasteiger partial charge in [-0.3, -0.25) is 0 Å². The SMILES string of the molecule is NCCc1cnoc1C1CCCS1. The molecule has 0 bridgehead atoms. The minimum Gasteiger partial charge on any atom is -0.360 e. The molecule has 1 aliphatic heterocycles. The van der Waals surface area contributed by atoms with Crippen molar-refractivity contribution in [2.24, 2.45) is 5.73 Å². The van der Waals surface area contributed by atoms with Crippen molar-refractivity contribution >= 4 is 11.8 Å². The van der Waals surface area contributed by atoms with Gasteiger partial charge in [0.25, 0.3) is 0 Å². The van der Waals surface area contributed by atoms with Crippen LogP contribution in [0.2, 0.25) is 0 Å². The van der Waals surface area contributed by atoms with E-state index in [0.29, 0.717) is 11.8 Å². The average molecular weight is 198 g/mol. The van der Waals surface area contributed by atoms with Gasteiger partial charge in [0.1, 0.15) is 0 Å². The molecule has 13 heavy (non-hydrogen) atoms. The lowest BCUT2D eigenvalue weighted by molar-refractivity contribution is 0.378. The van der Waals surface area contributed by atoms with Crippen LogP contribution in [-0.4, -0.2) is 17.5 Å². The molecule has 0 aromatic carbocycles. The highest BCUT2D eigenvalue weighted by Crippen LogP contribution is 2.41. The van der Waals surface area contributed by atoms with Gasteiger partial charge in [0.2, 0.25) is 0 Å². The van der Waals surface area contributed by atoms with Crippen LogP contribution in [0.4, 0.5) is 0 Å². The summed E-state index contributed by atoms with van der Waals surface area (Å²) in [5, 5.41) is 4.37. The van der Waals surface area contributed by atoms with Crippen molar-refractivity contribution in [3.8, 4) is 0 Å². The standard InChI is InChI=1S/C9H14N2OS/c10-4-3-7-6-11-12-9(7)8-2-1-5-13-8/h6,8H,1-5,10H2. The maximum Gasteiger partial charge on any atom is 0.152 e. The Morgan fingerprint density at radius 1 is 1.69 bits per heavy atom. The molecule has 1 aromatic rings. The molecule has 1 atom stereocenters. The zero-order valence-electron chi connectivity index (χ0n) is 7.53. The molecule has 3 nitrogen and oxygen atoms in total. The Balaban J connectivity index is 2.13. The van der Waals surface area contributed by atoms with Crippen molar-refractivity contribution in [2.75, 3.05) is 12.3 Å². The van der Waals surface area contributed by atoms with Gasteiger partial charge in [0.05, 0.1) is 11.4 Å². The van der Waals surface area contributed by atoms with Crippen molar-refractivity contribution in [2.45, 2.75) is 24.5 Å². The fourth-order valence-corrected chi connectivity index (χ4v) is 2.96. The molecule has 0 amide bonds. The summed E-state index contributed by atoms with van der Waals surface area (Å²) >= 11 is 1.97. The van der Waals surface area contributed by atoms with Crippen LogP contribution in [0.25, 0.3) is 0 Å². The van der Waals surface area contributed by atoms with Gasteiger partial charge in [-0.25, -0.2) is 0 Å². The van der Waals surface area contributed by atoms with Crippen LogP contribution in [-0.2, 0) is 6.42 Å². The smallest absolute Gasteiger partial charge is 0.152 e. The van der Waals surface area contributed by atoms with Crippen molar-refractivity contribution in [1.29, 1.82) is 0 Å². The zero-order valence-corrected chi connectivity index (χ0v) is 8.35. The van der Waals surface area contributed by atoms with E-state index in [1.165, 1.54) is 24.2 Å². The molecule has 1 fully saturated rings. The van der Waals surface area contributed by atoms with Crippen LogP contribution < -0.4 is 5.73 Å². The maximum absolute atomic E-state index is 5.51. The number of hydrogen-bond acceptors (Lipinski definition) is 4. The molecule has 1 unspecified atom stereocenters. The van der Waals surface area contributed by atoms with Crippen molar-refractivity contribution < 1.29 is 4.52 Å². The highest BCUT2D eigenvalue weighted by Gasteiger charge is 2.23. The van der Waals surface area contributed by atoms with Crippen LogP contribution >= 0.6 is 11.8 Å². The normalized spacial score (nSPS) is 22.4.